The Labute approximate surface area is 122 Å². The van der Waals surface area contributed by atoms with Crippen LogP contribution in [0.5, 0.6) is 0 Å². The predicted octanol–water partition coefficient (Wildman–Crippen LogP) is 1.13. The van der Waals surface area contributed by atoms with Gasteiger partial charge in [-0.3, -0.25) is 9.89 Å². The molecular formula is C15H15FN4O. The molecule has 108 valence electrons. The third-order valence-electron chi connectivity index (χ3n) is 2.86. The van der Waals surface area contributed by atoms with Gasteiger partial charge in [-0.25, -0.2) is 4.39 Å². The molecule has 2 rings (SSSR count). The molecule has 21 heavy (non-hydrogen) atoms. The van der Waals surface area contributed by atoms with Gasteiger partial charge < -0.3 is 10.6 Å². The van der Waals surface area contributed by atoms with Crippen LogP contribution in [0.2, 0.25) is 0 Å². The first kappa shape index (κ1) is 14.8. The van der Waals surface area contributed by atoms with E-state index >= 15 is 0 Å². The van der Waals surface area contributed by atoms with Crippen molar-refractivity contribution >= 4 is 5.91 Å². The van der Waals surface area contributed by atoms with E-state index in [0.29, 0.717) is 12.1 Å². The first-order valence-corrected chi connectivity index (χ1v) is 6.33. The number of benzene rings is 1. The lowest BCUT2D eigenvalue weighted by atomic mass is 10.1. The Kier molecular flexibility index (Phi) is 4.69. The number of carbonyl (C=O) groups excluding carboxylic acids is 1. The number of aromatic amines is 1. The minimum atomic E-state index is -0.478. The van der Waals surface area contributed by atoms with Crippen molar-refractivity contribution in [3.8, 4) is 11.8 Å². The van der Waals surface area contributed by atoms with Crippen molar-refractivity contribution in [2.75, 3.05) is 13.6 Å². The van der Waals surface area contributed by atoms with Crippen molar-refractivity contribution in [2.24, 2.45) is 5.73 Å². The van der Waals surface area contributed by atoms with E-state index in [4.69, 9.17) is 5.73 Å². The lowest BCUT2D eigenvalue weighted by molar-refractivity contribution is 0.0784. The van der Waals surface area contributed by atoms with Crippen LogP contribution in [0.1, 0.15) is 21.5 Å². The van der Waals surface area contributed by atoms with E-state index < -0.39 is 5.82 Å². The number of nitrogens with one attached hydrogen (secondary N) is 1. The highest BCUT2D eigenvalue weighted by Gasteiger charge is 2.16. The van der Waals surface area contributed by atoms with Crippen molar-refractivity contribution in [1.29, 1.82) is 0 Å². The van der Waals surface area contributed by atoms with E-state index in [9.17, 15) is 9.18 Å². The molecule has 5 nitrogen and oxygen atoms in total. The van der Waals surface area contributed by atoms with E-state index in [0.717, 1.165) is 5.56 Å². The summed E-state index contributed by atoms with van der Waals surface area (Å²) in [5, 5.41) is 6.50. The van der Waals surface area contributed by atoms with Crippen LogP contribution in [0, 0.1) is 17.7 Å². The molecular weight excluding hydrogens is 271 g/mol. The number of H-pyrrole nitrogens is 1. The molecule has 3 N–H and O–H groups in total. The molecule has 0 fully saturated rings. The Morgan fingerprint density at radius 3 is 3.00 bits per heavy atom. The number of aromatic nitrogens is 2. The average Bonchev–Trinajstić information content (AvgIpc) is 2.98. The highest BCUT2D eigenvalue weighted by Crippen LogP contribution is 2.14. The molecule has 6 heteroatoms. The van der Waals surface area contributed by atoms with Gasteiger partial charge in [-0.05, 0) is 18.2 Å². The van der Waals surface area contributed by atoms with Crippen LogP contribution >= 0.6 is 0 Å². The standard InChI is InChI=1S/C15H15FN4O/c1-20(10-11-8-18-19-9-11)15(21)14-7-13(16)5-4-12(14)3-2-6-17/h4-5,7-9H,6,10,17H2,1H3,(H,18,19). The maximum Gasteiger partial charge on any atom is 0.255 e. The van der Waals surface area contributed by atoms with Gasteiger partial charge in [-0.1, -0.05) is 11.8 Å². The number of carbonyl (C=O) groups is 1. The fourth-order valence-electron chi connectivity index (χ4n) is 1.86. The van der Waals surface area contributed by atoms with Gasteiger partial charge in [0.05, 0.1) is 18.3 Å². The molecule has 0 spiro atoms. The van der Waals surface area contributed by atoms with E-state index in [1.165, 1.54) is 23.1 Å². The van der Waals surface area contributed by atoms with Gasteiger partial charge >= 0.3 is 0 Å². The summed E-state index contributed by atoms with van der Waals surface area (Å²) in [6.07, 6.45) is 3.33. The summed E-state index contributed by atoms with van der Waals surface area (Å²) in [5.74, 6) is 4.67. The maximum atomic E-state index is 13.4. The van der Waals surface area contributed by atoms with Crippen molar-refractivity contribution in [3.63, 3.8) is 0 Å². The Morgan fingerprint density at radius 1 is 1.52 bits per heavy atom. The monoisotopic (exact) mass is 286 g/mol. The molecule has 1 heterocycles. The summed E-state index contributed by atoms with van der Waals surface area (Å²) in [6.45, 7) is 0.547. The lowest BCUT2D eigenvalue weighted by Gasteiger charge is -2.17. The van der Waals surface area contributed by atoms with Gasteiger partial charge in [0.15, 0.2) is 0 Å². The van der Waals surface area contributed by atoms with Gasteiger partial charge in [0.2, 0.25) is 0 Å². The van der Waals surface area contributed by atoms with Crippen LogP contribution in [0.25, 0.3) is 0 Å². The zero-order valence-corrected chi connectivity index (χ0v) is 11.6. The molecule has 0 saturated heterocycles. The van der Waals surface area contributed by atoms with Gasteiger partial charge in [-0.15, -0.1) is 0 Å². The molecule has 0 aliphatic rings. The second-order valence-corrected chi connectivity index (χ2v) is 4.46. The van der Waals surface area contributed by atoms with Gasteiger partial charge in [-0.2, -0.15) is 5.10 Å². The van der Waals surface area contributed by atoms with Gasteiger partial charge in [0.25, 0.3) is 5.91 Å². The SMILES string of the molecule is CN(Cc1cn[nH]c1)C(=O)c1cc(F)ccc1C#CCN. The molecule has 0 aliphatic heterocycles. The number of nitrogens with two attached hydrogens (primary N) is 1. The molecule has 0 bridgehead atoms. The van der Waals surface area contributed by atoms with E-state index in [1.54, 1.807) is 19.4 Å². The Morgan fingerprint density at radius 2 is 2.33 bits per heavy atom. The fraction of sp³-hybridized carbons (Fsp3) is 0.200. The highest BCUT2D eigenvalue weighted by atomic mass is 19.1. The molecule has 0 aliphatic carbocycles. The van der Waals surface area contributed by atoms with E-state index in [-0.39, 0.29) is 18.0 Å². The molecule has 0 saturated carbocycles. The maximum absolute atomic E-state index is 13.4. The van der Waals surface area contributed by atoms with Crippen molar-refractivity contribution in [2.45, 2.75) is 6.54 Å². The highest BCUT2D eigenvalue weighted by molar-refractivity contribution is 5.96. The minimum Gasteiger partial charge on any atom is -0.337 e. The third kappa shape index (κ3) is 3.68. The number of amides is 1. The van der Waals surface area contributed by atoms with Crippen molar-refractivity contribution in [1.82, 2.24) is 15.1 Å². The smallest absolute Gasteiger partial charge is 0.255 e. The number of hydrogen-bond donors (Lipinski definition) is 2. The van der Waals surface area contributed by atoms with Crippen LogP contribution in [-0.4, -0.2) is 34.6 Å². The van der Waals surface area contributed by atoms with Gasteiger partial charge in [0.1, 0.15) is 5.82 Å². The van der Waals surface area contributed by atoms with E-state index in [1.807, 2.05) is 0 Å². The number of hydrogen-bond acceptors (Lipinski definition) is 3. The third-order valence-corrected chi connectivity index (χ3v) is 2.86. The summed E-state index contributed by atoms with van der Waals surface area (Å²) < 4.78 is 13.4. The molecule has 0 radical (unpaired) electrons. The summed E-state index contributed by atoms with van der Waals surface area (Å²) >= 11 is 0. The number of halogens is 1. The summed E-state index contributed by atoms with van der Waals surface area (Å²) in [6, 6.07) is 3.94. The molecule has 1 aromatic heterocycles. The minimum absolute atomic E-state index is 0.176. The predicted molar refractivity (Wildman–Crippen MR) is 76.7 cm³/mol. The molecule has 0 unspecified atom stereocenters. The molecule has 0 atom stereocenters. The zero-order chi connectivity index (χ0) is 15.2. The lowest BCUT2D eigenvalue weighted by Crippen LogP contribution is -2.27. The number of nitrogens with zero attached hydrogens (tertiary/aromatic N) is 2. The molecule has 1 aromatic carbocycles. The fourth-order valence-corrected chi connectivity index (χ4v) is 1.86. The molecule has 2 aromatic rings. The first-order chi connectivity index (χ1) is 10.1. The topological polar surface area (TPSA) is 75.0 Å². The molecule has 1 amide bonds. The van der Waals surface area contributed by atoms with Crippen LogP contribution in [-0.2, 0) is 6.54 Å². The van der Waals surface area contributed by atoms with Crippen molar-refractivity contribution < 1.29 is 9.18 Å². The normalized spacial score (nSPS) is 9.86. The van der Waals surface area contributed by atoms with Crippen molar-refractivity contribution in [3.05, 3.63) is 53.1 Å². The number of rotatable bonds is 3. The van der Waals surface area contributed by atoms with Gasteiger partial charge in [0, 0.05) is 30.9 Å². The summed E-state index contributed by atoms with van der Waals surface area (Å²) in [5.41, 5.74) is 6.88. The second kappa shape index (κ2) is 6.68. The quantitative estimate of drug-likeness (QED) is 0.831. The Bertz CT molecular complexity index is 685. The van der Waals surface area contributed by atoms with Crippen LogP contribution < -0.4 is 5.73 Å². The Hall–Kier alpha value is -2.65. The summed E-state index contributed by atoms with van der Waals surface area (Å²) in [4.78, 5) is 13.9. The summed E-state index contributed by atoms with van der Waals surface area (Å²) in [7, 11) is 1.64. The van der Waals surface area contributed by atoms with Crippen LogP contribution in [0.3, 0.4) is 0 Å². The first-order valence-electron chi connectivity index (χ1n) is 6.33. The van der Waals surface area contributed by atoms with E-state index in [2.05, 4.69) is 22.0 Å². The van der Waals surface area contributed by atoms with Crippen LogP contribution in [0.15, 0.2) is 30.6 Å². The zero-order valence-electron chi connectivity index (χ0n) is 11.6. The largest absolute Gasteiger partial charge is 0.337 e. The van der Waals surface area contributed by atoms with Crippen LogP contribution in [0.4, 0.5) is 4.39 Å². The second-order valence-electron chi connectivity index (χ2n) is 4.46. The average molecular weight is 286 g/mol. The Balaban J connectivity index is 2.26.